The molecule has 1 saturated heterocycles. The van der Waals surface area contributed by atoms with Crippen molar-refractivity contribution in [1.29, 1.82) is 0 Å². The van der Waals surface area contributed by atoms with E-state index in [0.29, 0.717) is 0 Å². The van der Waals surface area contributed by atoms with Crippen molar-refractivity contribution in [2.75, 3.05) is 5.32 Å². The molecule has 1 aromatic carbocycles. The molecule has 7 nitrogen and oxygen atoms in total. The molecule has 1 aliphatic rings. The van der Waals surface area contributed by atoms with Crippen LogP contribution in [0.5, 0.6) is 5.75 Å². The van der Waals surface area contributed by atoms with Crippen molar-refractivity contribution in [3.8, 4) is 5.75 Å². The fourth-order valence-electron chi connectivity index (χ4n) is 4.04. The molecule has 12 heteroatoms. The minimum Gasteiger partial charge on any atom is -0.488 e. The van der Waals surface area contributed by atoms with Gasteiger partial charge < -0.3 is 20.5 Å². The summed E-state index contributed by atoms with van der Waals surface area (Å²) >= 11 is 0. The molecule has 0 radical (unpaired) electrons. The number of ether oxygens (including phenoxy) is 2. The summed E-state index contributed by atoms with van der Waals surface area (Å²) in [6.45, 7) is 5.07. The van der Waals surface area contributed by atoms with Gasteiger partial charge in [-0.1, -0.05) is 13.0 Å². The summed E-state index contributed by atoms with van der Waals surface area (Å²) in [5.74, 6) is -7.90. The molecular formula is C23H24F5N3O4. The van der Waals surface area contributed by atoms with Crippen LogP contribution >= 0.6 is 0 Å². The van der Waals surface area contributed by atoms with Gasteiger partial charge >= 0.3 is 6.18 Å². The lowest BCUT2D eigenvalue weighted by molar-refractivity contribution is -0.272. The first-order chi connectivity index (χ1) is 16.2. The number of aromatic nitrogens is 1. The Morgan fingerprint density at radius 3 is 2.46 bits per heavy atom. The molecule has 2 heterocycles. The Morgan fingerprint density at radius 2 is 1.89 bits per heavy atom. The molecule has 2 amide bonds. The van der Waals surface area contributed by atoms with Crippen molar-refractivity contribution < 1.29 is 41.0 Å². The largest absolute Gasteiger partial charge is 0.488 e. The van der Waals surface area contributed by atoms with E-state index in [4.69, 9.17) is 15.2 Å². The Balaban J connectivity index is 2.10. The lowest BCUT2D eigenvalue weighted by Gasteiger charge is -2.32. The minimum absolute atomic E-state index is 0.0263. The molecule has 4 unspecified atom stereocenters. The predicted molar refractivity (Wildman–Crippen MR) is 115 cm³/mol. The minimum atomic E-state index is -4.90. The van der Waals surface area contributed by atoms with Crippen LogP contribution in [0.25, 0.3) is 0 Å². The Labute approximate surface area is 197 Å². The SMILES string of the molecule is CC(C)Oc1c(C2C(C(=O)Nc3ccnc(C(N)=O)c3)OC(C)(C(F)(F)F)C2C)ccc(F)c1F. The predicted octanol–water partition coefficient (Wildman–Crippen LogP) is 4.32. The van der Waals surface area contributed by atoms with E-state index in [-0.39, 0.29) is 16.9 Å². The molecule has 1 fully saturated rings. The van der Waals surface area contributed by atoms with Crippen LogP contribution in [0, 0.1) is 17.6 Å². The number of nitrogens with one attached hydrogen (secondary N) is 1. The van der Waals surface area contributed by atoms with E-state index in [2.05, 4.69) is 10.3 Å². The molecule has 1 aliphatic heterocycles. The van der Waals surface area contributed by atoms with Crippen molar-refractivity contribution in [2.24, 2.45) is 11.7 Å². The topological polar surface area (TPSA) is 104 Å². The van der Waals surface area contributed by atoms with Crippen LogP contribution in [0.15, 0.2) is 30.5 Å². The number of halogens is 5. The van der Waals surface area contributed by atoms with Crippen molar-refractivity contribution in [2.45, 2.75) is 57.6 Å². The zero-order valence-electron chi connectivity index (χ0n) is 19.2. The number of hydrogen-bond acceptors (Lipinski definition) is 5. The highest BCUT2D eigenvalue weighted by molar-refractivity contribution is 5.97. The van der Waals surface area contributed by atoms with Crippen LogP contribution < -0.4 is 15.8 Å². The quantitative estimate of drug-likeness (QED) is 0.574. The Bertz CT molecular complexity index is 1140. The van der Waals surface area contributed by atoms with Crippen molar-refractivity contribution in [1.82, 2.24) is 4.98 Å². The summed E-state index contributed by atoms with van der Waals surface area (Å²) in [5.41, 5.74) is 2.07. The van der Waals surface area contributed by atoms with E-state index in [9.17, 15) is 31.5 Å². The second-order valence-corrected chi connectivity index (χ2v) is 8.69. The molecule has 3 N–H and O–H groups in total. The molecule has 0 bridgehead atoms. The smallest absolute Gasteiger partial charge is 0.417 e. The lowest BCUT2D eigenvalue weighted by atomic mass is 9.77. The molecule has 0 spiro atoms. The number of pyridine rings is 1. The summed E-state index contributed by atoms with van der Waals surface area (Å²) in [6.07, 6.45) is -6.14. The molecule has 1 aromatic heterocycles. The summed E-state index contributed by atoms with van der Waals surface area (Å²) in [5, 5.41) is 2.39. The summed E-state index contributed by atoms with van der Waals surface area (Å²) < 4.78 is 81.6. The highest BCUT2D eigenvalue weighted by atomic mass is 19.4. The normalized spacial score (nSPS) is 24.5. The number of alkyl halides is 3. The van der Waals surface area contributed by atoms with E-state index in [1.165, 1.54) is 33.0 Å². The first kappa shape index (κ1) is 26.3. The maximum absolute atomic E-state index is 14.7. The number of carbonyl (C=O) groups excluding carboxylic acids is 2. The van der Waals surface area contributed by atoms with Gasteiger partial charge in [0.15, 0.2) is 17.2 Å². The van der Waals surface area contributed by atoms with E-state index in [1.54, 1.807) is 0 Å². The maximum Gasteiger partial charge on any atom is 0.417 e. The van der Waals surface area contributed by atoms with Crippen LogP contribution in [0.4, 0.5) is 27.6 Å². The molecule has 35 heavy (non-hydrogen) atoms. The fourth-order valence-corrected chi connectivity index (χ4v) is 4.04. The van der Waals surface area contributed by atoms with Gasteiger partial charge in [0.2, 0.25) is 5.82 Å². The van der Waals surface area contributed by atoms with Crippen LogP contribution in [0.1, 0.15) is 49.7 Å². The van der Waals surface area contributed by atoms with Gasteiger partial charge in [-0.3, -0.25) is 14.6 Å². The van der Waals surface area contributed by atoms with Crippen LogP contribution in [0.3, 0.4) is 0 Å². The number of nitrogens with two attached hydrogens (primary N) is 1. The number of primary amides is 1. The van der Waals surface area contributed by atoms with E-state index in [0.717, 1.165) is 25.1 Å². The lowest BCUT2D eigenvalue weighted by Crippen LogP contribution is -2.47. The Morgan fingerprint density at radius 1 is 1.23 bits per heavy atom. The highest BCUT2D eigenvalue weighted by Crippen LogP contribution is 2.55. The van der Waals surface area contributed by atoms with Crippen molar-refractivity contribution in [3.63, 3.8) is 0 Å². The highest BCUT2D eigenvalue weighted by Gasteiger charge is 2.66. The van der Waals surface area contributed by atoms with Crippen LogP contribution in [0.2, 0.25) is 0 Å². The van der Waals surface area contributed by atoms with Crippen LogP contribution in [-0.4, -0.2) is 40.8 Å². The monoisotopic (exact) mass is 501 g/mol. The third-order valence-corrected chi connectivity index (χ3v) is 6.00. The molecule has 190 valence electrons. The standard InChI is InChI=1S/C23H24F5N3O4/c1-10(2)34-18-13(5-6-14(24)17(18)25)16-11(3)22(4,23(26,27)28)35-19(16)21(33)31-12-7-8-30-15(9-12)20(29)32/h5-11,16,19H,1-4H3,(H2,29,32)(H,30,31,33). The fraction of sp³-hybridized carbons (Fsp3) is 0.435. The molecule has 2 aromatic rings. The van der Waals surface area contributed by atoms with Gasteiger partial charge in [-0.25, -0.2) is 4.39 Å². The average molecular weight is 501 g/mol. The summed E-state index contributed by atoms with van der Waals surface area (Å²) in [7, 11) is 0. The zero-order chi connectivity index (χ0) is 26.3. The van der Waals surface area contributed by atoms with Gasteiger partial charge in [0, 0.05) is 29.3 Å². The van der Waals surface area contributed by atoms with Gasteiger partial charge in [0.25, 0.3) is 11.8 Å². The van der Waals surface area contributed by atoms with Gasteiger partial charge in [-0.15, -0.1) is 0 Å². The zero-order valence-corrected chi connectivity index (χ0v) is 19.2. The first-order valence-electron chi connectivity index (χ1n) is 10.6. The molecule has 0 saturated carbocycles. The number of hydrogen-bond donors (Lipinski definition) is 2. The van der Waals surface area contributed by atoms with Crippen LogP contribution in [-0.2, 0) is 9.53 Å². The number of nitrogens with zero attached hydrogens (tertiary/aromatic N) is 1. The third-order valence-electron chi connectivity index (χ3n) is 6.00. The second kappa shape index (κ2) is 9.40. The third kappa shape index (κ3) is 4.93. The Kier molecular flexibility index (Phi) is 7.07. The second-order valence-electron chi connectivity index (χ2n) is 8.69. The van der Waals surface area contributed by atoms with Gasteiger partial charge in [0.1, 0.15) is 11.8 Å². The Hall–Kier alpha value is -3.28. The van der Waals surface area contributed by atoms with Gasteiger partial charge in [-0.05, 0) is 39.0 Å². The number of carbonyl (C=O) groups is 2. The average Bonchev–Trinajstić information content (AvgIpc) is 3.04. The van der Waals surface area contributed by atoms with Gasteiger partial charge in [0.05, 0.1) is 6.10 Å². The van der Waals surface area contributed by atoms with E-state index < -0.39 is 65.0 Å². The van der Waals surface area contributed by atoms with E-state index >= 15 is 0 Å². The number of amides is 2. The maximum atomic E-state index is 14.7. The molecule has 3 rings (SSSR count). The van der Waals surface area contributed by atoms with Crippen molar-refractivity contribution >= 4 is 17.5 Å². The number of anilines is 1. The number of rotatable bonds is 6. The first-order valence-corrected chi connectivity index (χ1v) is 10.6. The van der Waals surface area contributed by atoms with E-state index in [1.807, 2.05) is 0 Å². The molecule has 4 atom stereocenters. The summed E-state index contributed by atoms with van der Waals surface area (Å²) in [6, 6.07) is 4.28. The summed E-state index contributed by atoms with van der Waals surface area (Å²) in [4.78, 5) is 28.3. The molecule has 0 aliphatic carbocycles. The van der Waals surface area contributed by atoms with Crippen molar-refractivity contribution in [3.05, 3.63) is 53.4 Å². The molecular weight excluding hydrogens is 477 g/mol. The number of benzene rings is 1. The van der Waals surface area contributed by atoms with Gasteiger partial charge in [-0.2, -0.15) is 17.6 Å².